The third kappa shape index (κ3) is 1.97. The van der Waals surface area contributed by atoms with Crippen molar-refractivity contribution in [3.63, 3.8) is 0 Å². The molecule has 1 rings (SSSR count). The van der Waals surface area contributed by atoms with Crippen molar-refractivity contribution >= 4 is 26.1 Å². The molecule has 0 aromatic heterocycles. The molecule has 0 saturated heterocycles. The minimum absolute atomic E-state index is 0.602. The van der Waals surface area contributed by atoms with Crippen LogP contribution in [-0.4, -0.2) is 0 Å². The van der Waals surface area contributed by atoms with Gasteiger partial charge < -0.3 is 0 Å². The van der Waals surface area contributed by atoms with Gasteiger partial charge in [0.1, 0.15) is 0 Å². The van der Waals surface area contributed by atoms with Gasteiger partial charge in [-0.2, -0.15) is 0 Å². The standard InChI is InChI=1S/C7H8ClP/c8-5-6-1-3-7(9)4-2-6/h1-4H,5,9H2. The molecule has 9 heavy (non-hydrogen) atoms. The molecule has 48 valence electrons. The van der Waals surface area contributed by atoms with Crippen molar-refractivity contribution in [2.45, 2.75) is 5.88 Å². The van der Waals surface area contributed by atoms with Crippen LogP contribution in [0.5, 0.6) is 0 Å². The molecular weight excluding hydrogens is 151 g/mol. The van der Waals surface area contributed by atoms with E-state index in [-0.39, 0.29) is 0 Å². The molecule has 0 N–H and O–H groups in total. The molecule has 2 heteroatoms. The second-order valence-electron chi connectivity index (χ2n) is 1.88. The van der Waals surface area contributed by atoms with Crippen molar-refractivity contribution in [3.8, 4) is 0 Å². The largest absolute Gasteiger partial charge is 0.122 e. The Kier molecular flexibility index (Phi) is 2.50. The van der Waals surface area contributed by atoms with Gasteiger partial charge in [0.25, 0.3) is 0 Å². The summed E-state index contributed by atoms with van der Waals surface area (Å²) < 4.78 is 0. The lowest BCUT2D eigenvalue weighted by Crippen LogP contribution is -1.87. The summed E-state index contributed by atoms with van der Waals surface area (Å²) in [6.07, 6.45) is 0. The highest BCUT2D eigenvalue weighted by Gasteiger charge is 1.86. The van der Waals surface area contributed by atoms with Crippen LogP contribution in [0, 0.1) is 0 Å². The predicted octanol–water partition coefficient (Wildman–Crippen LogP) is 1.93. The Morgan fingerprint density at radius 3 is 2.22 bits per heavy atom. The molecular formula is C7H8ClP. The normalized spacial score (nSPS) is 9.56. The molecule has 1 aromatic carbocycles. The Labute approximate surface area is 62.4 Å². The molecule has 0 aliphatic heterocycles. The summed E-state index contributed by atoms with van der Waals surface area (Å²) in [6, 6.07) is 8.11. The van der Waals surface area contributed by atoms with Gasteiger partial charge in [0, 0.05) is 5.88 Å². The summed E-state index contributed by atoms with van der Waals surface area (Å²) in [6.45, 7) is 0. The summed E-state index contributed by atoms with van der Waals surface area (Å²) >= 11 is 5.57. The fourth-order valence-corrected chi connectivity index (χ4v) is 0.977. The number of alkyl halides is 1. The molecule has 0 bridgehead atoms. The maximum atomic E-state index is 5.57. The molecule has 0 amide bonds. The van der Waals surface area contributed by atoms with Gasteiger partial charge in [-0.25, -0.2) is 0 Å². The first-order valence-electron chi connectivity index (χ1n) is 2.73. The lowest BCUT2D eigenvalue weighted by Gasteiger charge is -1.93. The Hall–Kier alpha value is -0.0600. The van der Waals surface area contributed by atoms with E-state index in [2.05, 4.69) is 9.24 Å². The van der Waals surface area contributed by atoms with Gasteiger partial charge in [0.05, 0.1) is 0 Å². The minimum atomic E-state index is 0.602. The fraction of sp³-hybridized carbons (Fsp3) is 0.143. The molecule has 1 atom stereocenters. The molecule has 1 aromatic rings. The minimum Gasteiger partial charge on any atom is -0.122 e. The summed E-state index contributed by atoms with van der Waals surface area (Å²) in [4.78, 5) is 0. The lowest BCUT2D eigenvalue weighted by molar-refractivity contribution is 1.42. The van der Waals surface area contributed by atoms with Crippen molar-refractivity contribution < 1.29 is 0 Å². The molecule has 0 spiro atoms. The lowest BCUT2D eigenvalue weighted by atomic mass is 10.2. The van der Waals surface area contributed by atoms with Gasteiger partial charge in [-0.15, -0.1) is 20.8 Å². The predicted molar refractivity (Wildman–Crippen MR) is 45.3 cm³/mol. The maximum absolute atomic E-state index is 5.57. The molecule has 0 nitrogen and oxygen atoms in total. The molecule has 0 radical (unpaired) electrons. The monoisotopic (exact) mass is 158 g/mol. The van der Waals surface area contributed by atoms with Crippen molar-refractivity contribution in [2.24, 2.45) is 0 Å². The van der Waals surface area contributed by atoms with Crippen LogP contribution < -0.4 is 5.30 Å². The van der Waals surface area contributed by atoms with Crippen LogP contribution in [0.3, 0.4) is 0 Å². The van der Waals surface area contributed by atoms with E-state index >= 15 is 0 Å². The summed E-state index contributed by atoms with van der Waals surface area (Å²) in [5, 5.41) is 1.20. The van der Waals surface area contributed by atoms with Gasteiger partial charge >= 0.3 is 0 Å². The van der Waals surface area contributed by atoms with E-state index in [4.69, 9.17) is 11.6 Å². The highest BCUT2D eigenvalue weighted by molar-refractivity contribution is 7.27. The average Bonchev–Trinajstić information content (AvgIpc) is 1.90. The van der Waals surface area contributed by atoms with E-state index in [1.165, 1.54) is 10.9 Å². The summed E-state index contributed by atoms with van der Waals surface area (Å²) in [7, 11) is 2.63. The van der Waals surface area contributed by atoms with Crippen LogP contribution in [0.15, 0.2) is 24.3 Å². The van der Waals surface area contributed by atoms with E-state index in [1.54, 1.807) is 0 Å². The summed E-state index contributed by atoms with van der Waals surface area (Å²) in [5.74, 6) is 0.602. The van der Waals surface area contributed by atoms with Gasteiger partial charge in [0.15, 0.2) is 0 Å². The van der Waals surface area contributed by atoms with Gasteiger partial charge in [0.2, 0.25) is 0 Å². The highest BCUT2D eigenvalue weighted by atomic mass is 35.5. The van der Waals surface area contributed by atoms with Crippen molar-refractivity contribution in [1.82, 2.24) is 0 Å². The first-order chi connectivity index (χ1) is 4.33. The Bertz CT molecular complexity index is 181. The second kappa shape index (κ2) is 3.20. The van der Waals surface area contributed by atoms with Crippen LogP contribution in [0.4, 0.5) is 0 Å². The topological polar surface area (TPSA) is 0 Å². The van der Waals surface area contributed by atoms with Gasteiger partial charge in [-0.1, -0.05) is 24.3 Å². The Morgan fingerprint density at radius 2 is 1.78 bits per heavy atom. The molecule has 0 aliphatic rings. The third-order valence-electron chi connectivity index (χ3n) is 1.13. The average molecular weight is 159 g/mol. The van der Waals surface area contributed by atoms with Gasteiger partial charge in [-0.05, 0) is 10.9 Å². The van der Waals surface area contributed by atoms with Crippen LogP contribution in [0.2, 0.25) is 0 Å². The van der Waals surface area contributed by atoms with Crippen LogP contribution in [0.1, 0.15) is 5.56 Å². The SMILES string of the molecule is Pc1ccc(CCl)cc1. The first-order valence-corrected chi connectivity index (χ1v) is 3.84. The van der Waals surface area contributed by atoms with Crippen LogP contribution in [-0.2, 0) is 5.88 Å². The number of benzene rings is 1. The van der Waals surface area contributed by atoms with Crippen LogP contribution in [0.25, 0.3) is 0 Å². The molecule has 0 heterocycles. The van der Waals surface area contributed by atoms with E-state index in [1.807, 2.05) is 24.3 Å². The molecule has 1 unspecified atom stereocenters. The van der Waals surface area contributed by atoms with E-state index in [9.17, 15) is 0 Å². The number of hydrogen-bond acceptors (Lipinski definition) is 0. The zero-order valence-electron chi connectivity index (χ0n) is 4.97. The Morgan fingerprint density at radius 1 is 1.22 bits per heavy atom. The zero-order chi connectivity index (χ0) is 6.69. The van der Waals surface area contributed by atoms with E-state index in [0.29, 0.717) is 5.88 Å². The van der Waals surface area contributed by atoms with E-state index in [0.717, 1.165) is 0 Å². The number of hydrogen-bond donors (Lipinski definition) is 0. The molecule has 0 fully saturated rings. The van der Waals surface area contributed by atoms with Crippen molar-refractivity contribution in [1.29, 1.82) is 0 Å². The van der Waals surface area contributed by atoms with Crippen LogP contribution >= 0.6 is 20.8 Å². The third-order valence-corrected chi connectivity index (χ3v) is 1.83. The number of halogens is 1. The quantitative estimate of drug-likeness (QED) is 0.433. The molecule has 0 aliphatic carbocycles. The fourth-order valence-electron chi connectivity index (χ4n) is 0.607. The Balaban J connectivity index is 2.88. The smallest absolute Gasteiger partial charge is 0.0474 e. The molecule has 0 saturated carbocycles. The van der Waals surface area contributed by atoms with Gasteiger partial charge in [-0.3, -0.25) is 0 Å². The van der Waals surface area contributed by atoms with Crippen molar-refractivity contribution in [3.05, 3.63) is 29.8 Å². The second-order valence-corrected chi connectivity index (χ2v) is 2.81. The summed E-state index contributed by atoms with van der Waals surface area (Å²) in [5.41, 5.74) is 1.17. The number of rotatable bonds is 1. The zero-order valence-corrected chi connectivity index (χ0v) is 6.88. The van der Waals surface area contributed by atoms with Crippen molar-refractivity contribution in [2.75, 3.05) is 0 Å². The first kappa shape index (κ1) is 7.05. The maximum Gasteiger partial charge on any atom is 0.0474 e. The highest BCUT2D eigenvalue weighted by Crippen LogP contribution is 2.01. The van der Waals surface area contributed by atoms with E-state index < -0.39 is 0 Å².